The first-order chi connectivity index (χ1) is 22.8. The fourth-order valence-electron chi connectivity index (χ4n) is 8.93. The Balaban J connectivity index is 1.28. The number of carbonyl (C=O) groups is 1. The summed E-state index contributed by atoms with van der Waals surface area (Å²) >= 11 is 6.47. The number of carbonyl (C=O) groups excluding carboxylic acids is 1. The van der Waals surface area contributed by atoms with Gasteiger partial charge in [0.1, 0.15) is 5.75 Å². The van der Waals surface area contributed by atoms with E-state index in [0.29, 0.717) is 37.2 Å². The maximum Gasteiger partial charge on any atom is 0.264 e. The van der Waals surface area contributed by atoms with E-state index in [9.17, 15) is 13.2 Å². The number of hydrogen-bond acceptors (Lipinski definition) is 7. The molecule has 1 amide bonds. The van der Waals surface area contributed by atoms with Gasteiger partial charge in [0.15, 0.2) is 6.29 Å². The third kappa shape index (κ3) is 6.61. The number of ether oxygens (including phenoxy) is 3. The molecule has 0 radical (unpaired) electrons. The predicted molar refractivity (Wildman–Crippen MR) is 188 cm³/mol. The second-order valence-electron chi connectivity index (χ2n) is 16.2. The van der Waals surface area contributed by atoms with Gasteiger partial charge in [-0.1, -0.05) is 44.9 Å². The van der Waals surface area contributed by atoms with E-state index < -0.39 is 21.2 Å². The summed E-state index contributed by atoms with van der Waals surface area (Å²) in [6, 6.07) is 11.6. The van der Waals surface area contributed by atoms with Crippen LogP contribution in [0.5, 0.6) is 5.75 Å². The standard InChI is InChI=1S/C38H51ClN2O6S/c1-24-7-5-9-31(36-46-21-37(3,4)22-47-36)30-13-10-28(30)19-41-20-38(16-6-8-26-17-29(39)12-14-32(26)38)23-45-34-15-11-27(18-33(34)41)35(42)40-48(43,44)25(24)2/h11-12,14-15,17-18,24-25,28,30-31,36H,5-10,13,16,19-23H2,1-4H3,(H,40,42)/t24-,25+,28-,30+,31+,38-/m0/s1. The fraction of sp³-hybridized carbons (Fsp3) is 0.658. The van der Waals surface area contributed by atoms with Gasteiger partial charge in [-0.2, -0.15) is 0 Å². The van der Waals surface area contributed by atoms with Crippen molar-refractivity contribution in [3.05, 3.63) is 58.1 Å². The van der Waals surface area contributed by atoms with Crippen LogP contribution in [0.25, 0.3) is 0 Å². The molecule has 3 aliphatic heterocycles. The second-order valence-corrected chi connectivity index (χ2v) is 18.7. The average molecular weight is 699 g/mol. The number of rotatable bonds is 1. The van der Waals surface area contributed by atoms with Gasteiger partial charge in [-0.25, -0.2) is 13.1 Å². The summed E-state index contributed by atoms with van der Waals surface area (Å²) in [5.41, 5.74) is 3.48. The largest absolute Gasteiger partial charge is 0.490 e. The molecule has 10 heteroatoms. The van der Waals surface area contributed by atoms with Crippen molar-refractivity contribution < 1.29 is 27.4 Å². The zero-order valence-corrected chi connectivity index (χ0v) is 30.4. The van der Waals surface area contributed by atoms with E-state index in [1.165, 1.54) is 11.1 Å². The van der Waals surface area contributed by atoms with Crippen LogP contribution in [0.1, 0.15) is 94.1 Å². The SMILES string of the molecule is C[C@@H]1[C@@H](C)CCC[C@@H](C2OCC(C)(C)CO2)[C@@H]2CC[C@H]2CN2C[C@@]3(CCCc4cc(Cl)ccc43)COc3ccc(cc32)C(=O)NS1(=O)=O. The van der Waals surface area contributed by atoms with Crippen LogP contribution in [0.3, 0.4) is 0 Å². The fourth-order valence-corrected chi connectivity index (χ4v) is 10.4. The van der Waals surface area contributed by atoms with Crippen molar-refractivity contribution in [3.8, 4) is 5.75 Å². The summed E-state index contributed by atoms with van der Waals surface area (Å²) in [7, 11) is -3.90. The highest BCUT2D eigenvalue weighted by Crippen LogP contribution is 2.49. The molecule has 2 bridgehead atoms. The van der Waals surface area contributed by atoms with Crippen molar-refractivity contribution in [3.63, 3.8) is 0 Å². The highest BCUT2D eigenvalue weighted by atomic mass is 35.5. The van der Waals surface area contributed by atoms with Crippen molar-refractivity contribution >= 4 is 33.2 Å². The number of sulfonamides is 1. The molecule has 0 unspecified atom stereocenters. The average Bonchev–Trinajstić information content (AvgIpc) is 3.18. The normalized spacial score (nSPS) is 33.7. The van der Waals surface area contributed by atoms with Gasteiger partial charge in [0.2, 0.25) is 10.0 Å². The van der Waals surface area contributed by atoms with E-state index >= 15 is 0 Å². The van der Waals surface area contributed by atoms with E-state index in [1.54, 1.807) is 13.0 Å². The maximum atomic E-state index is 13.5. The number of aryl methyl sites for hydroxylation is 1. The number of anilines is 1. The van der Waals surface area contributed by atoms with Crippen LogP contribution >= 0.6 is 11.6 Å². The van der Waals surface area contributed by atoms with Crippen molar-refractivity contribution in [1.82, 2.24) is 4.72 Å². The number of hydrogen-bond donors (Lipinski definition) is 1. The monoisotopic (exact) mass is 698 g/mol. The Bertz CT molecular complexity index is 1640. The quantitative estimate of drug-likeness (QED) is 0.339. The predicted octanol–water partition coefficient (Wildman–Crippen LogP) is 7.12. The molecule has 1 saturated heterocycles. The molecule has 48 heavy (non-hydrogen) atoms. The molecular formula is C38H51ClN2O6S. The van der Waals surface area contributed by atoms with Crippen molar-refractivity contribution in [1.29, 1.82) is 0 Å². The van der Waals surface area contributed by atoms with Crippen LogP contribution in [0.2, 0.25) is 5.02 Å². The van der Waals surface area contributed by atoms with E-state index in [1.807, 2.05) is 25.1 Å². The first-order valence-electron chi connectivity index (χ1n) is 17.9. The molecular weight excluding hydrogens is 648 g/mol. The minimum atomic E-state index is -3.90. The Morgan fingerprint density at radius 2 is 1.73 bits per heavy atom. The lowest BCUT2D eigenvalue weighted by atomic mass is 9.64. The summed E-state index contributed by atoms with van der Waals surface area (Å²) in [5.74, 6) is 1.09. The van der Waals surface area contributed by atoms with Gasteiger partial charge in [-0.05, 0) is 111 Å². The molecule has 262 valence electrons. The van der Waals surface area contributed by atoms with Crippen LogP contribution in [-0.4, -0.2) is 58.8 Å². The first kappa shape index (κ1) is 34.1. The number of nitrogens with one attached hydrogen (secondary N) is 1. The number of nitrogens with zero attached hydrogens (tertiary/aromatic N) is 1. The Kier molecular flexibility index (Phi) is 9.31. The molecule has 1 N–H and O–H groups in total. The second kappa shape index (κ2) is 13.1. The number of fused-ring (bicyclic) bond motifs is 4. The lowest BCUT2D eigenvalue weighted by Crippen LogP contribution is -2.51. The minimum absolute atomic E-state index is 0.0150. The molecule has 7 rings (SSSR count). The summed E-state index contributed by atoms with van der Waals surface area (Å²) in [4.78, 5) is 16.0. The summed E-state index contributed by atoms with van der Waals surface area (Å²) in [5, 5.41) is 0.0366. The van der Waals surface area contributed by atoms with E-state index in [0.717, 1.165) is 80.9 Å². The van der Waals surface area contributed by atoms with E-state index in [4.69, 9.17) is 25.8 Å². The van der Waals surface area contributed by atoms with Crippen molar-refractivity contribution in [2.24, 2.45) is 29.1 Å². The zero-order chi connectivity index (χ0) is 33.8. The number of amides is 1. The lowest BCUT2D eigenvalue weighted by Gasteiger charge is -2.49. The van der Waals surface area contributed by atoms with Gasteiger partial charge in [0.05, 0.1) is 30.8 Å². The lowest BCUT2D eigenvalue weighted by molar-refractivity contribution is -0.257. The highest BCUT2D eigenvalue weighted by molar-refractivity contribution is 7.90. The van der Waals surface area contributed by atoms with Gasteiger partial charge < -0.3 is 19.1 Å². The molecule has 5 aliphatic rings. The maximum absolute atomic E-state index is 13.5. The number of benzene rings is 2. The van der Waals surface area contributed by atoms with Gasteiger partial charge in [-0.3, -0.25) is 4.79 Å². The third-order valence-electron chi connectivity index (χ3n) is 12.1. The van der Waals surface area contributed by atoms with Gasteiger partial charge >= 0.3 is 0 Å². The zero-order valence-electron chi connectivity index (χ0n) is 28.8. The highest BCUT2D eigenvalue weighted by Gasteiger charge is 2.47. The minimum Gasteiger partial charge on any atom is -0.490 e. The van der Waals surface area contributed by atoms with Crippen molar-refractivity contribution in [2.45, 2.75) is 96.0 Å². The molecule has 8 nitrogen and oxygen atoms in total. The van der Waals surface area contributed by atoms with Crippen molar-refractivity contribution in [2.75, 3.05) is 37.8 Å². The van der Waals surface area contributed by atoms with E-state index in [-0.39, 0.29) is 29.0 Å². The first-order valence-corrected chi connectivity index (χ1v) is 19.9. The molecule has 1 saturated carbocycles. The smallest absolute Gasteiger partial charge is 0.264 e. The Labute approximate surface area is 291 Å². The van der Waals surface area contributed by atoms with Crippen LogP contribution < -0.4 is 14.4 Å². The summed E-state index contributed by atoms with van der Waals surface area (Å²) < 4.78 is 48.9. The molecule has 6 atom stereocenters. The molecule has 1 spiro atoms. The molecule has 2 aliphatic carbocycles. The molecule has 3 heterocycles. The van der Waals surface area contributed by atoms with Gasteiger partial charge in [0, 0.05) is 40.4 Å². The van der Waals surface area contributed by atoms with Crippen LogP contribution in [0.15, 0.2) is 36.4 Å². The van der Waals surface area contributed by atoms with Crippen LogP contribution in [0, 0.1) is 29.1 Å². The molecule has 2 aromatic carbocycles. The number of halogens is 1. The Morgan fingerprint density at radius 3 is 2.48 bits per heavy atom. The Hall–Kier alpha value is -2.33. The van der Waals surface area contributed by atoms with Crippen LogP contribution in [-0.2, 0) is 31.3 Å². The van der Waals surface area contributed by atoms with Crippen LogP contribution in [0.4, 0.5) is 5.69 Å². The topological polar surface area (TPSA) is 94.2 Å². The molecule has 2 aromatic rings. The van der Waals surface area contributed by atoms with Gasteiger partial charge in [0.25, 0.3) is 5.91 Å². The summed E-state index contributed by atoms with van der Waals surface area (Å²) in [6.45, 7) is 11.5. The summed E-state index contributed by atoms with van der Waals surface area (Å²) in [6.07, 6.45) is 7.55. The molecule has 2 fully saturated rings. The molecule has 0 aromatic heterocycles. The third-order valence-corrected chi connectivity index (χ3v) is 14.3. The Morgan fingerprint density at radius 1 is 0.938 bits per heavy atom. The van der Waals surface area contributed by atoms with E-state index in [2.05, 4.69) is 35.6 Å². The van der Waals surface area contributed by atoms with Gasteiger partial charge in [-0.15, -0.1) is 0 Å².